The van der Waals surface area contributed by atoms with E-state index in [4.69, 9.17) is 29.9 Å². The molecule has 0 spiro atoms. The van der Waals surface area contributed by atoms with Crippen LogP contribution < -0.4 is 4.52 Å². The van der Waals surface area contributed by atoms with Crippen LogP contribution in [0.3, 0.4) is 0 Å². The fourth-order valence-electron chi connectivity index (χ4n) is 1.84. The van der Waals surface area contributed by atoms with E-state index in [1.54, 1.807) is 34.6 Å². The van der Waals surface area contributed by atoms with Gasteiger partial charge in [-0.15, -0.1) is 0 Å². The van der Waals surface area contributed by atoms with E-state index >= 15 is 0 Å². The Morgan fingerprint density at radius 3 is 2.20 bits per heavy atom. The Balaban J connectivity index is 3.22. The molecule has 0 heterocycles. The lowest BCUT2D eigenvalue weighted by Crippen LogP contribution is -2.24. The van der Waals surface area contributed by atoms with E-state index in [1.807, 2.05) is 0 Å². The Hall–Kier alpha value is -1.11. The molecule has 0 aliphatic carbocycles. The third kappa shape index (κ3) is 6.60. The topological polar surface area (TPSA) is 91.3 Å². The van der Waals surface area contributed by atoms with E-state index in [2.05, 4.69) is 0 Å². The summed E-state index contributed by atoms with van der Waals surface area (Å²) in [7, 11) is -3.89. The van der Waals surface area contributed by atoms with Gasteiger partial charge in [-0.25, -0.2) is 9.36 Å². The smallest absolute Gasteiger partial charge is 0.456 e. The maximum Gasteiger partial charge on any atom is 0.530 e. The Kier molecular flexibility index (Phi) is 7.90. The first-order chi connectivity index (χ1) is 11.5. The number of aliphatic hydroxyl groups is 1. The van der Waals surface area contributed by atoms with Gasteiger partial charge in [-0.1, -0.05) is 11.6 Å². The number of ether oxygens (including phenoxy) is 1. The molecule has 0 bridgehead atoms. The third-order valence-corrected chi connectivity index (χ3v) is 4.54. The van der Waals surface area contributed by atoms with Gasteiger partial charge in [-0.2, -0.15) is 0 Å². The molecule has 25 heavy (non-hydrogen) atoms. The number of benzene rings is 1. The summed E-state index contributed by atoms with van der Waals surface area (Å²) in [6, 6.07) is 2.67. The first-order valence-electron chi connectivity index (χ1n) is 7.80. The molecule has 0 fully saturated rings. The number of carbonyl (C=O) groups is 1. The van der Waals surface area contributed by atoms with Crippen molar-refractivity contribution in [1.29, 1.82) is 0 Å². The standard InChI is InChI=1S/C16H24ClO7P/c1-6-21-25(20,22-7-2)24-14-12(10-18)8-11(9-13(14)17)15(19)23-16(3,4)5/h8-9,18H,6-7,10H2,1-5H3. The second-order valence-electron chi connectivity index (χ2n) is 5.98. The van der Waals surface area contributed by atoms with E-state index < -0.39 is 26.0 Å². The molecular weight excluding hydrogens is 371 g/mol. The second kappa shape index (κ2) is 9.01. The van der Waals surface area contributed by atoms with Crippen molar-refractivity contribution in [2.24, 2.45) is 0 Å². The van der Waals surface area contributed by atoms with Crippen molar-refractivity contribution >= 4 is 25.4 Å². The van der Waals surface area contributed by atoms with Gasteiger partial charge in [0.1, 0.15) is 5.60 Å². The predicted octanol–water partition coefficient (Wildman–Crippen LogP) is 4.35. The van der Waals surface area contributed by atoms with Crippen molar-refractivity contribution in [3.63, 3.8) is 0 Å². The van der Waals surface area contributed by atoms with E-state index in [-0.39, 0.29) is 35.1 Å². The van der Waals surface area contributed by atoms with Crippen molar-refractivity contribution in [2.45, 2.75) is 46.8 Å². The average molecular weight is 395 g/mol. The third-order valence-electron chi connectivity index (χ3n) is 2.70. The number of phosphoric ester groups is 1. The minimum atomic E-state index is -3.89. The van der Waals surface area contributed by atoms with E-state index in [9.17, 15) is 14.5 Å². The number of hydrogen-bond donors (Lipinski definition) is 1. The molecule has 1 aromatic carbocycles. The summed E-state index contributed by atoms with van der Waals surface area (Å²) in [5.74, 6) is -0.671. The Morgan fingerprint density at radius 2 is 1.76 bits per heavy atom. The zero-order chi connectivity index (χ0) is 19.3. The van der Waals surface area contributed by atoms with Crippen molar-refractivity contribution in [1.82, 2.24) is 0 Å². The molecule has 0 aliphatic rings. The zero-order valence-corrected chi connectivity index (χ0v) is 16.6. The van der Waals surface area contributed by atoms with E-state index in [0.717, 1.165) is 0 Å². The molecule has 142 valence electrons. The molecule has 0 saturated heterocycles. The monoisotopic (exact) mass is 394 g/mol. The number of carbonyl (C=O) groups excluding carboxylic acids is 1. The largest absolute Gasteiger partial charge is 0.530 e. The van der Waals surface area contributed by atoms with Gasteiger partial charge in [-0.05, 0) is 46.8 Å². The highest BCUT2D eigenvalue weighted by Crippen LogP contribution is 2.51. The normalized spacial score (nSPS) is 12.1. The van der Waals surface area contributed by atoms with Crippen LogP contribution in [0.1, 0.15) is 50.5 Å². The van der Waals surface area contributed by atoms with Gasteiger partial charge in [0.15, 0.2) is 5.75 Å². The molecule has 9 heteroatoms. The summed E-state index contributed by atoms with van der Waals surface area (Å²) in [5.41, 5.74) is -0.385. The zero-order valence-electron chi connectivity index (χ0n) is 15.0. The molecule has 0 aromatic heterocycles. The molecular formula is C16H24ClO7P. The van der Waals surface area contributed by atoms with Crippen LogP contribution in [0.15, 0.2) is 12.1 Å². The van der Waals surface area contributed by atoms with Gasteiger partial charge in [0.2, 0.25) is 0 Å². The lowest BCUT2D eigenvalue weighted by atomic mass is 10.1. The molecule has 1 rings (SSSR count). The summed E-state index contributed by atoms with van der Waals surface area (Å²) in [6.45, 7) is 8.17. The SMILES string of the molecule is CCOP(=O)(OCC)Oc1c(Cl)cc(C(=O)OC(C)(C)C)cc1CO. The second-order valence-corrected chi connectivity index (χ2v) is 7.98. The number of halogens is 1. The minimum absolute atomic E-state index is 0.0213. The molecule has 0 unspecified atom stereocenters. The van der Waals surface area contributed by atoms with Crippen LogP contribution in [0.25, 0.3) is 0 Å². The molecule has 0 saturated carbocycles. The van der Waals surface area contributed by atoms with Gasteiger partial charge in [0.05, 0.1) is 30.4 Å². The molecule has 1 N–H and O–H groups in total. The van der Waals surface area contributed by atoms with Crippen molar-refractivity contribution < 1.29 is 32.8 Å². The van der Waals surface area contributed by atoms with Crippen molar-refractivity contribution in [3.8, 4) is 5.75 Å². The van der Waals surface area contributed by atoms with Gasteiger partial charge in [0, 0.05) is 5.56 Å². The lowest BCUT2D eigenvalue weighted by Gasteiger charge is -2.21. The maximum atomic E-state index is 12.5. The Bertz CT molecular complexity index is 645. The average Bonchev–Trinajstić information content (AvgIpc) is 2.47. The van der Waals surface area contributed by atoms with Crippen molar-refractivity contribution in [2.75, 3.05) is 13.2 Å². The summed E-state index contributed by atoms with van der Waals surface area (Å²) < 4.78 is 33.2. The molecule has 0 radical (unpaired) electrons. The quantitative estimate of drug-likeness (QED) is 0.517. The van der Waals surface area contributed by atoms with Crippen LogP contribution in [-0.4, -0.2) is 29.9 Å². The van der Waals surface area contributed by atoms with Crippen LogP contribution in [0.2, 0.25) is 5.02 Å². The first kappa shape index (κ1) is 21.9. The highest BCUT2D eigenvalue weighted by Gasteiger charge is 2.30. The maximum absolute atomic E-state index is 12.5. The molecule has 7 nitrogen and oxygen atoms in total. The summed E-state index contributed by atoms with van der Waals surface area (Å²) in [4.78, 5) is 12.2. The van der Waals surface area contributed by atoms with Crippen LogP contribution >= 0.6 is 19.4 Å². The van der Waals surface area contributed by atoms with Gasteiger partial charge in [0.25, 0.3) is 0 Å². The van der Waals surface area contributed by atoms with Crippen LogP contribution in [-0.2, 0) is 25.0 Å². The predicted molar refractivity (Wildman–Crippen MR) is 94.0 cm³/mol. The Morgan fingerprint density at radius 1 is 1.20 bits per heavy atom. The molecule has 1 aromatic rings. The first-order valence-corrected chi connectivity index (χ1v) is 9.64. The molecule has 0 aliphatic heterocycles. The highest BCUT2D eigenvalue weighted by molar-refractivity contribution is 7.48. The van der Waals surface area contributed by atoms with Crippen LogP contribution in [0.4, 0.5) is 0 Å². The van der Waals surface area contributed by atoms with E-state index in [0.29, 0.717) is 0 Å². The highest BCUT2D eigenvalue weighted by atomic mass is 35.5. The number of phosphoric acid groups is 1. The number of hydrogen-bond acceptors (Lipinski definition) is 7. The molecule has 0 amide bonds. The molecule has 0 atom stereocenters. The van der Waals surface area contributed by atoms with Gasteiger partial charge < -0.3 is 14.4 Å². The lowest BCUT2D eigenvalue weighted by molar-refractivity contribution is 0.00693. The van der Waals surface area contributed by atoms with Crippen molar-refractivity contribution in [3.05, 3.63) is 28.3 Å². The summed E-state index contributed by atoms with van der Waals surface area (Å²) in [5, 5.41) is 9.55. The van der Waals surface area contributed by atoms with Crippen LogP contribution in [0, 0.1) is 0 Å². The number of rotatable bonds is 8. The summed E-state index contributed by atoms with van der Waals surface area (Å²) >= 11 is 6.16. The van der Waals surface area contributed by atoms with Crippen LogP contribution in [0.5, 0.6) is 5.75 Å². The van der Waals surface area contributed by atoms with E-state index in [1.165, 1.54) is 12.1 Å². The number of esters is 1. The minimum Gasteiger partial charge on any atom is -0.456 e. The van der Waals surface area contributed by atoms with Gasteiger partial charge >= 0.3 is 13.8 Å². The summed E-state index contributed by atoms with van der Waals surface area (Å²) in [6.07, 6.45) is 0. The fraction of sp³-hybridized carbons (Fsp3) is 0.562. The van der Waals surface area contributed by atoms with Gasteiger partial charge in [-0.3, -0.25) is 9.05 Å². The Labute approximate surface area is 152 Å². The number of aliphatic hydroxyl groups excluding tert-OH is 1. The fourth-order valence-corrected chi connectivity index (χ4v) is 3.43.